The molecule has 2 aromatic heterocycles. The van der Waals surface area contributed by atoms with E-state index in [2.05, 4.69) is 21.9 Å². The quantitative estimate of drug-likeness (QED) is 0.159. The lowest BCUT2D eigenvalue weighted by atomic mass is 10.0. The molecule has 0 spiro atoms. The number of alkyl carbamates (subject to hydrolysis) is 1. The fourth-order valence-electron chi connectivity index (χ4n) is 8.18. The van der Waals surface area contributed by atoms with E-state index >= 15 is 0 Å². The zero-order chi connectivity index (χ0) is 40.4. The molecule has 8 rings (SSSR count). The molecule has 2 aromatic carbocycles. The molecule has 4 fully saturated rings. The number of fused-ring (bicyclic) bond motifs is 4. The van der Waals surface area contributed by atoms with Crippen LogP contribution in [-0.4, -0.2) is 83.7 Å². The van der Waals surface area contributed by atoms with Gasteiger partial charge in [0.1, 0.15) is 46.7 Å². The first-order valence-corrected chi connectivity index (χ1v) is 21.1. The number of furan rings is 1. The van der Waals surface area contributed by atoms with Gasteiger partial charge in [0.25, 0.3) is 5.91 Å². The second-order valence-corrected chi connectivity index (χ2v) is 18.2. The van der Waals surface area contributed by atoms with Crippen LogP contribution in [0.15, 0.2) is 53.5 Å². The molecule has 302 valence electrons. The maximum absolute atomic E-state index is 14.6. The minimum Gasteiger partial charge on any atom is -0.484 e. The van der Waals surface area contributed by atoms with Gasteiger partial charge in [0, 0.05) is 29.2 Å². The number of nitrogens with one attached hydrogen (secondary N) is 3. The molecule has 1 aliphatic heterocycles. The molecule has 4 amide bonds. The highest BCUT2D eigenvalue weighted by Crippen LogP contribution is 2.46. The molecule has 14 nitrogen and oxygen atoms in total. The number of aryl methyl sites for hydroxylation is 1. The lowest BCUT2D eigenvalue weighted by Crippen LogP contribution is -2.59. The van der Waals surface area contributed by atoms with Crippen molar-refractivity contribution in [3.05, 3.63) is 60.4 Å². The van der Waals surface area contributed by atoms with Crippen molar-refractivity contribution in [2.45, 2.75) is 107 Å². The SMILES string of the molecule is C=C[C@@H]1CC1(NC(=O)[C@@H]1C[C@@H](Oc2c3ccc(F)cc3nc3c2oc2ccc(C)cc23)CN1C(=O)[C@@H](NC(=O)OC1CCCC1)C(C)C)C(=O)NS(=O)(=O)C1CC1. The summed E-state index contributed by atoms with van der Waals surface area (Å²) in [5, 5.41) is 5.99. The number of carbonyl (C=O) groups is 4. The number of nitrogens with zero attached hydrogens (tertiary/aromatic N) is 2. The van der Waals surface area contributed by atoms with Crippen LogP contribution in [0.2, 0.25) is 0 Å². The summed E-state index contributed by atoms with van der Waals surface area (Å²) < 4.78 is 60.9. The number of carbonyl (C=O) groups excluding carboxylic acids is 4. The molecule has 4 aromatic rings. The summed E-state index contributed by atoms with van der Waals surface area (Å²) >= 11 is 0. The lowest BCUT2D eigenvalue weighted by Gasteiger charge is -2.31. The van der Waals surface area contributed by atoms with Gasteiger partial charge in [-0.3, -0.25) is 19.1 Å². The van der Waals surface area contributed by atoms with Crippen LogP contribution in [-0.2, 0) is 29.1 Å². The van der Waals surface area contributed by atoms with Gasteiger partial charge in [-0.1, -0.05) is 31.6 Å². The number of sulfonamides is 1. The molecule has 3 heterocycles. The highest BCUT2D eigenvalue weighted by atomic mass is 32.2. The minimum absolute atomic E-state index is 0.0580. The third-order valence-corrected chi connectivity index (χ3v) is 13.4. The van der Waals surface area contributed by atoms with Crippen LogP contribution in [0.4, 0.5) is 9.18 Å². The maximum atomic E-state index is 14.6. The van der Waals surface area contributed by atoms with Gasteiger partial charge in [0.2, 0.25) is 21.8 Å². The number of ether oxygens (including phenoxy) is 2. The van der Waals surface area contributed by atoms with Crippen LogP contribution in [0, 0.1) is 24.6 Å². The highest BCUT2D eigenvalue weighted by molar-refractivity contribution is 7.91. The Morgan fingerprint density at radius 1 is 1.05 bits per heavy atom. The Morgan fingerprint density at radius 3 is 2.49 bits per heavy atom. The van der Waals surface area contributed by atoms with Crippen LogP contribution in [0.1, 0.15) is 70.8 Å². The topological polar surface area (TPSA) is 186 Å². The standard InChI is InChI=1S/C41H46FN5O9S/c1-5-23-19-41(23,39(50)46-57(52,53)27-12-13-27)45-37(48)31-18-26(20-47(31)38(49)33(21(2)3)44-40(51)55-25-8-6-7-9-25)54-35-28-14-11-24(42)17-30(28)43-34-29-16-22(4)10-15-32(29)56-36(34)35/h5,10-11,14-17,21,23,25-27,31,33H,1,6-9,12-13,18-20H2,2-4H3,(H,44,51)(H,45,48)(H,46,50)/t23-,26-,31+,33+,41?/m1/s1. The summed E-state index contributed by atoms with van der Waals surface area (Å²) in [6.07, 6.45) is 3.94. The summed E-state index contributed by atoms with van der Waals surface area (Å²) in [6, 6.07) is 7.40. The van der Waals surface area contributed by atoms with Crippen molar-refractivity contribution >= 4 is 66.8 Å². The fraction of sp³-hybridized carbons (Fsp3) is 0.488. The summed E-state index contributed by atoms with van der Waals surface area (Å²) in [5.41, 5.74) is 0.956. The van der Waals surface area contributed by atoms with Crippen LogP contribution < -0.4 is 20.1 Å². The number of hydrogen-bond donors (Lipinski definition) is 3. The van der Waals surface area contributed by atoms with Gasteiger partial charge in [-0.15, -0.1) is 6.58 Å². The van der Waals surface area contributed by atoms with Gasteiger partial charge in [0.05, 0.1) is 17.3 Å². The van der Waals surface area contributed by atoms with Crippen molar-refractivity contribution in [1.82, 2.24) is 25.2 Å². The van der Waals surface area contributed by atoms with Gasteiger partial charge in [-0.25, -0.2) is 22.6 Å². The molecule has 3 N–H and O–H groups in total. The number of amides is 4. The molecule has 1 unspecified atom stereocenters. The third-order valence-electron chi connectivity index (χ3n) is 11.6. The Balaban J connectivity index is 1.13. The van der Waals surface area contributed by atoms with E-state index in [4.69, 9.17) is 18.9 Å². The number of likely N-dealkylation sites (tertiary alicyclic amines) is 1. The summed E-state index contributed by atoms with van der Waals surface area (Å²) in [6.45, 7) is 9.11. The Labute approximate surface area is 328 Å². The van der Waals surface area contributed by atoms with E-state index in [-0.39, 0.29) is 31.2 Å². The molecule has 3 aliphatic carbocycles. The highest BCUT2D eigenvalue weighted by Gasteiger charge is 2.62. The van der Waals surface area contributed by atoms with E-state index < -0.39 is 80.5 Å². The lowest BCUT2D eigenvalue weighted by molar-refractivity contribution is -0.141. The molecule has 16 heteroatoms. The van der Waals surface area contributed by atoms with Crippen molar-refractivity contribution in [3.63, 3.8) is 0 Å². The van der Waals surface area contributed by atoms with Gasteiger partial charge in [0.15, 0.2) is 11.3 Å². The van der Waals surface area contributed by atoms with E-state index in [1.807, 2.05) is 25.1 Å². The maximum Gasteiger partial charge on any atom is 0.408 e. The second-order valence-electron chi connectivity index (χ2n) is 16.2. The first-order valence-electron chi connectivity index (χ1n) is 19.5. The van der Waals surface area contributed by atoms with Crippen molar-refractivity contribution in [3.8, 4) is 5.75 Å². The van der Waals surface area contributed by atoms with Crippen LogP contribution in [0.25, 0.3) is 33.0 Å². The van der Waals surface area contributed by atoms with Crippen molar-refractivity contribution in [2.75, 3.05) is 6.54 Å². The van der Waals surface area contributed by atoms with Crippen LogP contribution in [0.5, 0.6) is 5.75 Å². The molecule has 0 bridgehead atoms. The Kier molecular flexibility index (Phi) is 9.89. The molecule has 57 heavy (non-hydrogen) atoms. The molecule has 4 aliphatic rings. The largest absolute Gasteiger partial charge is 0.484 e. The predicted molar refractivity (Wildman–Crippen MR) is 208 cm³/mol. The van der Waals surface area contributed by atoms with E-state index in [9.17, 15) is 32.0 Å². The van der Waals surface area contributed by atoms with Gasteiger partial charge in [-0.05, 0) is 82.1 Å². The average Bonchev–Trinajstić information content (AvgIpc) is 3.99. The molecule has 3 saturated carbocycles. The van der Waals surface area contributed by atoms with Crippen molar-refractivity contribution in [2.24, 2.45) is 11.8 Å². The molecule has 1 saturated heterocycles. The monoisotopic (exact) mass is 803 g/mol. The van der Waals surface area contributed by atoms with E-state index in [1.54, 1.807) is 13.8 Å². The zero-order valence-electron chi connectivity index (χ0n) is 32.0. The Bertz CT molecular complexity index is 2430. The number of benzene rings is 2. The van der Waals surface area contributed by atoms with Crippen molar-refractivity contribution in [1.29, 1.82) is 0 Å². The summed E-state index contributed by atoms with van der Waals surface area (Å²) in [5.74, 6) is -3.39. The van der Waals surface area contributed by atoms with E-state index in [0.717, 1.165) is 31.2 Å². The molecular formula is C41H46FN5O9S. The summed E-state index contributed by atoms with van der Waals surface area (Å²) in [4.78, 5) is 61.7. The zero-order valence-corrected chi connectivity index (χ0v) is 32.8. The Morgan fingerprint density at radius 2 is 1.81 bits per heavy atom. The van der Waals surface area contributed by atoms with Crippen LogP contribution in [0.3, 0.4) is 0 Å². The summed E-state index contributed by atoms with van der Waals surface area (Å²) in [7, 11) is -3.93. The second kappa shape index (κ2) is 14.6. The Hall–Kier alpha value is -5.25. The number of aromatic nitrogens is 1. The number of halogens is 1. The molecule has 0 radical (unpaired) electrons. The fourth-order valence-corrected chi connectivity index (χ4v) is 9.55. The molecule has 5 atom stereocenters. The minimum atomic E-state index is -3.93. The molecular weight excluding hydrogens is 758 g/mol. The smallest absolute Gasteiger partial charge is 0.408 e. The van der Waals surface area contributed by atoms with Gasteiger partial charge < -0.3 is 29.4 Å². The first-order chi connectivity index (χ1) is 27.2. The normalized spacial score (nSPS) is 24.2. The van der Waals surface area contributed by atoms with Crippen LogP contribution >= 0.6 is 0 Å². The predicted octanol–water partition coefficient (Wildman–Crippen LogP) is 5.29. The van der Waals surface area contributed by atoms with Gasteiger partial charge >= 0.3 is 6.09 Å². The number of rotatable bonds is 12. The van der Waals surface area contributed by atoms with E-state index in [0.29, 0.717) is 45.8 Å². The average molecular weight is 804 g/mol. The van der Waals surface area contributed by atoms with Crippen molar-refractivity contribution < 1.29 is 45.9 Å². The van der Waals surface area contributed by atoms with Gasteiger partial charge in [-0.2, -0.15) is 0 Å². The number of hydrogen-bond acceptors (Lipinski definition) is 10. The van der Waals surface area contributed by atoms with E-state index in [1.165, 1.54) is 29.2 Å². The third kappa shape index (κ3) is 7.39. The number of pyridine rings is 1. The first kappa shape index (κ1) is 38.6.